The third kappa shape index (κ3) is 4.90. The summed E-state index contributed by atoms with van der Waals surface area (Å²) in [4.78, 5) is 35.3. The second-order valence-electron chi connectivity index (χ2n) is 8.95. The van der Waals surface area contributed by atoms with Gasteiger partial charge in [0.2, 0.25) is 0 Å². The van der Waals surface area contributed by atoms with Gasteiger partial charge in [-0.1, -0.05) is 24.3 Å². The molecule has 194 valence electrons. The Morgan fingerprint density at radius 2 is 1.32 bits per heavy atom. The molecule has 0 fully saturated rings. The quantitative estimate of drug-likeness (QED) is 0.234. The van der Waals surface area contributed by atoms with Crippen LogP contribution in [-0.2, 0) is 20.7 Å². The number of carbonyl (C=O) groups excluding carboxylic acids is 1. The molecule has 0 atom stereocenters. The number of aliphatic hydroxyl groups excluding tert-OH is 1. The van der Waals surface area contributed by atoms with Crippen molar-refractivity contribution < 1.29 is 9.90 Å². The standard InChI is InChI=1S/C15H12N4O.C15H10N4O/c2*1-16-11-3-4-12-10(8-20)5-14(18-13(12)6-11)15-7-17-9-19(15)2/h3-7,9,20H,8H2,2H3;3-9H,2H3. The third-order valence-electron chi connectivity index (χ3n) is 6.42. The molecule has 40 heavy (non-hydrogen) atoms. The maximum atomic E-state index is 11.3. The van der Waals surface area contributed by atoms with Crippen LogP contribution in [0.1, 0.15) is 15.9 Å². The zero-order chi connectivity index (χ0) is 28.2. The molecule has 4 heterocycles. The Hall–Kier alpha value is -5.71. The second kappa shape index (κ2) is 11.0. The van der Waals surface area contributed by atoms with Gasteiger partial charge < -0.3 is 14.2 Å². The lowest BCUT2D eigenvalue weighted by Gasteiger charge is -2.08. The van der Waals surface area contributed by atoms with Crippen LogP contribution in [0.5, 0.6) is 0 Å². The number of pyridine rings is 2. The minimum Gasteiger partial charge on any atom is -0.392 e. The first-order valence-corrected chi connectivity index (χ1v) is 12.1. The summed E-state index contributed by atoms with van der Waals surface area (Å²) < 4.78 is 3.70. The fourth-order valence-corrected chi connectivity index (χ4v) is 4.37. The van der Waals surface area contributed by atoms with Gasteiger partial charge in [-0.2, -0.15) is 0 Å². The number of carbonyl (C=O) groups is 1. The van der Waals surface area contributed by atoms with E-state index in [0.29, 0.717) is 33.7 Å². The van der Waals surface area contributed by atoms with E-state index in [0.717, 1.165) is 39.7 Å². The molecule has 10 nitrogen and oxygen atoms in total. The predicted molar refractivity (Wildman–Crippen MR) is 152 cm³/mol. The molecule has 0 aliphatic carbocycles. The first kappa shape index (κ1) is 25.9. The van der Waals surface area contributed by atoms with Gasteiger partial charge in [0.25, 0.3) is 0 Å². The lowest BCUT2D eigenvalue weighted by atomic mass is 10.1. The zero-order valence-electron chi connectivity index (χ0n) is 21.6. The second-order valence-corrected chi connectivity index (χ2v) is 8.95. The molecule has 0 aliphatic rings. The number of aldehydes is 1. The highest BCUT2D eigenvalue weighted by Crippen LogP contribution is 2.28. The van der Waals surface area contributed by atoms with E-state index >= 15 is 0 Å². The largest absolute Gasteiger partial charge is 0.392 e. The number of hydrogen-bond acceptors (Lipinski definition) is 6. The number of aliphatic hydroxyl groups is 1. The summed E-state index contributed by atoms with van der Waals surface area (Å²) >= 11 is 0. The van der Waals surface area contributed by atoms with Crippen molar-refractivity contribution in [2.45, 2.75) is 6.61 Å². The maximum Gasteiger partial charge on any atom is 0.189 e. The van der Waals surface area contributed by atoms with E-state index in [9.17, 15) is 9.90 Å². The van der Waals surface area contributed by atoms with Gasteiger partial charge in [-0.15, -0.1) is 0 Å². The van der Waals surface area contributed by atoms with Crippen molar-refractivity contribution in [1.29, 1.82) is 0 Å². The average Bonchev–Trinajstić information content (AvgIpc) is 3.63. The fourth-order valence-electron chi connectivity index (χ4n) is 4.37. The van der Waals surface area contributed by atoms with Gasteiger partial charge >= 0.3 is 0 Å². The van der Waals surface area contributed by atoms with Crippen molar-refractivity contribution in [2.24, 2.45) is 14.1 Å². The molecule has 6 rings (SSSR count). The van der Waals surface area contributed by atoms with E-state index in [4.69, 9.17) is 13.1 Å². The van der Waals surface area contributed by atoms with Gasteiger partial charge in [0.15, 0.2) is 17.7 Å². The van der Waals surface area contributed by atoms with E-state index in [1.54, 1.807) is 61.4 Å². The first-order valence-electron chi connectivity index (χ1n) is 12.1. The zero-order valence-corrected chi connectivity index (χ0v) is 21.6. The van der Waals surface area contributed by atoms with Gasteiger partial charge in [0, 0.05) is 30.4 Å². The van der Waals surface area contributed by atoms with Crippen molar-refractivity contribution in [3.05, 3.63) is 108 Å². The van der Waals surface area contributed by atoms with Crippen LogP contribution in [0.4, 0.5) is 11.4 Å². The van der Waals surface area contributed by atoms with Crippen molar-refractivity contribution in [1.82, 2.24) is 29.1 Å². The number of aryl methyl sites for hydroxylation is 2. The number of rotatable bonds is 4. The number of aromatic nitrogens is 6. The Morgan fingerprint density at radius 1 is 0.800 bits per heavy atom. The van der Waals surface area contributed by atoms with Crippen molar-refractivity contribution in [3.63, 3.8) is 0 Å². The molecule has 0 bridgehead atoms. The smallest absolute Gasteiger partial charge is 0.189 e. The Kier molecular flexibility index (Phi) is 7.10. The fraction of sp³-hybridized carbons (Fsp3) is 0.100. The number of benzene rings is 2. The van der Waals surface area contributed by atoms with Gasteiger partial charge in [0.05, 0.1) is 78.6 Å². The summed E-state index contributed by atoms with van der Waals surface area (Å²) in [5, 5.41) is 11.2. The predicted octanol–water partition coefficient (Wildman–Crippen LogP) is 5.68. The Morgan fingerprint density at radius 3 is 1.80 bits per heavy atom. The number of imidazole rings is 2. The molecule has 10 heteroatoms. The highest BCUT2D eigenvalue weighted by Gasteiger charge is 2.11. The van der Waals surface area contributed by atoms with Crippen molar-refractivity contribution >= 4 is 39.5 Å². The SMILES string of the molecule is [C-]#[N+]c1ccc2c(C=O)cc(-c3cncn3C)nc2c1.[C-]#[N+]c1ccc2c(CO)cc(-c3cncn3C)nc2c1. The van der Waals surface area contributed by atoms with Crippen LogP contribution in [0, 0.1) is 13.1 Å². The third-order valence-corrected chi connectivity index (χ3v) is 6.42. The molecule has 0 aliphatic heterocycles. The summed E-state index contributed by atoms with van der Waals surface area (Å²) in [6, 6.07) is 14.0. The van der Waals surface area contributed by atoms with E-state index < -0.39 is 0 Å². The molecule has 1 N–H and O–H groups in total. The van der Waals surface area contributed by atoms with Gasteiger partial charge in [-0.05, 0) is 29.8 Å². The molecule has 0 saturated heterocycles. The van der Waals surface area contributed by atoms with Crippen LogP contribution in [0.2, 0.25) is 0 Å². The highest BCUT2D eigenvalue weighted by atomic mass is 16.3. The lowest BCUT2D eigenvalue weighted by molar-refractivity contribution is 0.112. The Labute approximate surface area is 229 Å². The first-order chi connectivity index (χ1) is 19.4. The normalized spacial score (nSPS) is 10.5. The van der Waals surface area contributed by atoms with Crippen molar-refractivity contribution in [2.75, 3.05) is 0 Å². The molecule has 6 aromatic rings. The van der Waals surface area contributed by atoms with Crippen LogP contribution in [0.15, 0.2) is 73.6 Å². The van der Waals surface area contributed by atoms with E-state index in [1.807, 2.05) is 35.4 Å². The van der Waals surface area contributed by atoms with Gasteiger partial charge in [-0.3, -0.25) is 4.79 Å². The molecule has 0 radical (unpaired) electrons. The van der Waals surface area contributed by atoms with Crippen LogP contribution in [-0.4, -0.2) is 40.5 Å². The summed E-state index contributed by atoms with van der Waals surface area (Å²) in [6.07, 6.45) is 7.61. The van der Waals surface area contributed by atoms with Gasteiger partial charge in [0.1, 0.15) is 0 Å². The monoisotopic (exact) mass is 526 g/mol. The summed E-state index contributed by atoms with van der Waals surface area (Å²) in [7, 11) is 3.76. The average molecular weight is 527 g/mol. The molecular weight excluding hydrogens is 504 g/mol. The van der Waals surface area contributed by atoms with Crippen LogP contribution in [0.3, 0.4) is 0 Å². The number of nitrogens with zero attached hydrogens (tertiary/aromatic N) is 8. The highest BCUT2D eigenvalue weighted by molar-refractivity contribution is 5.99. The molecular formula is C30H22N8O2. The molecule has 0 unspecified atom stereocenters. The van der Waals surface area contributed by atoms with Gasteiger partial charge in [-0.25, -0.2) is 29.6 Å². The van der Waals surface area contributed by atoms with Crippen LogP contribution in [0.25, 0.3) is 54.3 Å². The molecule has 0 spiro atoms. The minimum absolute atomic E-state index is 0.0682. The van der Waals surface area contributed by atoms with Crippen LogP contribution >= 0.6 is 0 Å². The summed E-state index contributed by atoms with van der Waals surface area (Å²) in [6.45, 7) is 14.1. The van der Waals surface area contributed by atoms with E-state index in [2.05, 4.69) is 29.6 Å². The lowest BCUT2D eigenvalue weighted by Crippen LogP contribution is -1.96. The number of fused-ring (bicyclic) bond motifs is 2. The van der Waals surface area contributed by atoms with Crippen molar-refractivity contribution in [3.8, 4) is 22.8 Å². The minimum atomic E-state index is -0.0682. The topological polar surface area (TPSA) is 107 Å². The van der Waals surface area contributed by atoms with E-state index in [-0.39, 0.29) is 6.61 Å². The number of hydrogen-bond donors (Lipinski definition) is 1. The molecule has 0 amide bonds. The Bertz CT molecular complexity index is 1970. The molecule has 4 aromatic heterocycles. The molecule has 2 aromatic carbocycles. The maximum absolute atomic E-state index is 11.3. The summed E-state index contributed by atoms with van der Waals surface area (Å²) in [5.41, 5.74) is 6.84. The van der Waals surface area contributed by atoms with E-state index in [1.165, 1.54) is 0 Å². The molecule has 0 saturated carbocycles. The summed E-state index contributed by atoms with van der Waals surface area (Å²) in [5.74, 6) is 0. The van der Waals surface area contributed by atoms with Crippen LogP contribution < -0.4 is 0 Å². The Balaban J connectivity index is 0.000000161.